The number of carbonyl (C=O) groups excluding carboxylic acids is 2. The van der Waals surface area contributed by atoms with Crippen molar-refractivity contribution in [3.05, 3.63) is 52.4 Å². The maximum Gasteiger partial charge on any atom is 0.270 e. The first-order valence-electron chi connectivity index (χ1n) is 8.97. The van der Waals surface area contributed by atoms with Gasteiger partial charge in [0.05, 0.1) is 29.8 Å². The van der Waals surface area contributed by atoms with Crippen LogP contribution in [0, 0.1) is 0 Å². The summed E-state index contributed by atoms with van der Waals surface area (Å²) in [6.07, 6.45) is 3.93. The smallest absolute Gasteiger partial charge is 0.270 e. The van der Waals surface area contributed by atoms with Gasteiger partial charge >= 0.3 is 0 Å². The lowest BCUT2D eigenvalue weighted by molar-refractivity contribution is 0.0931. The molecule has 6 nitrogen and oxygen atoms in total. The number of aromatic nitrogens is 3. The van der Waals surface area contributed by atoms with Gasteiger partial charge in [0.1, 0.15) is 5.69 Å². The van der Waals surface area contributed by atoms with Gasteiger partial charge in [-0.1, -0.05) is 0 Å². The molecule has 8 heteroatoms. The predicted molar refractivity (Wildman–Crippen MR) is 91.6 cm³/mol. The Bertz CT molecular complexity index is 895. The molecule has 27 heavy (non-hydrogen) atoms. The highest BCUT2D eigenvalue weighted by atomic mass is 19.3. The SMILES string of the molecule is O=C(NCc1cnc(C2CC2)cn1)c1cc(C(F)F)c2c(n1)CCCC2=O. The number of halogens is 2. The molecule has 2 aromatic rings. The van der Waals surface area contributed by atoms with Crippen molar-refractivity contribution in [3.63, 3.8) is 0 Å². The predicted octanol–water partition coefficient (Wildman–Crippen LogP) is 3.14. The molecule has 0 atom stereocenters. The Labute approximate surface area is 154 Å². The number of hydrogen-bond acceptors (Lipinski definition) is 5. The summed E-state index contributed by atoms with van der Waals surface area (Å²) in [6.45, 7) is 0.123. The Morgan fingerprint density at radius 2 is 2.04 bits per heavy atom. The van der Waals surface area contributed by atoms with Gasteiger partial charge in [0, 0.05) is 29.7 Å². The molecule has 1 amide bonds. The van der Waals surface area contributed by atoms with Crippen LogP contribution in [0.15, 0.2) is 18.5 Å². The van der Waals surface area contributed by atoms with Crippen LogP contribution >= 0.6 is 0 Å². The minimum absolute atomic E-state index is 0.0191. The van der Waals surface area contributed by atoms with E-state index in [9.17, 15) is 18.4 Å². The third-order valence-electron chi connectivity index (χ3n) is 4.84. The van der Waals surface area contributed by atoms with Crippen LogP contribution in [0.5, 0.6) is 0 Å². The lowest BCUT2D eigenvalue weighted by Gasteiger charge is -2.18. The van der Waals surface area contributed by atoms with Crippen molar-refractivity contribution < 1.29 is 18.4 Å². The van der Waals surface area contributed by atoms with Crippen molar-refractivity contribution in [2.24, 2.45) is 0 Å². The minimum atomic E-state index is -2.84. The van der Waals surface area contributed by atoms with Crippen molar-refractivity contribution in [1.29, 1.82) is 0 Å². The topological polar surface area (TPSA) is 84.8 Å². The van der Waals surface area contributed by atoms with Crippen LogP contribution < -0.4 is 5.32 Å². The Balaban J connectivity index is 1.51. The van der Waals surface area contributed by atoms with Crippen molar-refractivity contribution in [3.8, 4) is 0 Å². The number of carbonyl (C=O) groups is 2. The second-order valence-corrected chi connectivity index (χ2v) is 6.89. The van der Waals surface area contributed by atoms with Crippen LogP contribution in [0.1, 0.15) is 81.5 Å². The van der Waals surface area contributed by atoms with Crippen LogP contribution in [0.25, 0.3) is 0 Å². The number of nitrogens with one attached hydrogen (secondary N) is 1. The summed E-state index contributed by atoms with van der Waals surface area (Å²) >= 11 is 0. The number of ketones is 1. The standard InChI is InChI=1S/C19H18F2N4O2/c20-18(21)12-6-14(25-13-2-1-3-16(26)17(12)13)19(27)24-8-11-7-23-15(9-22-11)10-4-5-10/h6-7,9-10,18H,1-5,8H2,(H,24,27). The number of aryl methyl sites for hydroxylation is 1. The molecule has 0 aliphatic heterocycles. The van der Waals surface area contributed by atoms with Crippen molar-refractivity contribution >= 4 is 11.7 Å². The third-order valence-corrected chi connectivity index (χ3v) is 4.84. The monoisotopic (exact) mass is 372 g/mol. The summed E-state index contributed by atoms with van der Waals surface area (Å²) in [5.74, 6) is -0.417. The molecule has 4 rings (SSSR count). The number of amides is 1. The number of alkyl halides is 2. The zero-order valence-corrected chi connectivity index (χ0v) is 14.5. The summed E-state index contributed by atoms with van der Waals surface area (Å²) < 4.78 is 26.8. The van der Waals surface area contributed by atoms with E-state index in [0.717, 1.165) is 24.6 Å². The van der Waals surface area contributed by atoms with E-state index in [0.29, 0.717) is 24.5 Å². The highest BCUT2D eigenvalue weighted by molar-refractivity contribution is 6.01. The summed E-state index contributed by atoms with van der Waals surface area (Å²) in [6, 6.07) is 1.02. The molecule has 140 valence electrons. The fourth-order valence-electron chi connectivity index (χ4n) is 3.26. The number of fused-ring (bicyclic) bond motifs is 1. The van der Waals surface area contributed by atoms with Gasteiger partial charge < -0.3 is 5.32 Å². The largest absolute Gasteiger partial charge is 0.345 e. The van der Waals surface area contributed by atoms with Gasteiger partial charge in [-0.05, 0) is 31.7 Å². The second kappa shape index (κ2) is 7.09. The van der Waals surface area contributed by atoms with E-state index in [2.05, 4.69) is 20.3 Å². The van der Waals surface area contributed by atoms with E-state index >= 15 is 0 Å². The molecule has 2 aromatic heterocycles. The first kappa shape index (κ1) is 17.6. The van der Waals surface area contributed by atoms with Gasteiger partial charge in [-0.15, -0.1) is 0 Å². The van der Waals surface area contributed by atoms with Gasteiger partial charge in [0.25, 0.3) is 12.3 Å². The number of hydrogen-bond donors (Lipinski definition) is 1. The molecule has 0 radical (unpaired) electrons. The highest BCUT2D eigenvalue weighted by Crippen LogP contribution is 2.38. The van der Waals surface area contributed by atoms with Gasteiger partial charge in [-0.25, -0.2) is 13.8 Å². The zero-order valence-electron chi connectivity index (χ0n) is 14.5. The number of pyridine rings is 1. The zero-order chi connectivity index (χ0) is 19.0. The molecule has 0 aromatic carbocycles. The Kier molecular flexibility index (Phi) is 4.63. The van der Waals surface area contributed by atoms with Crippen LogP contribution in [-0.2, 0) is 13.0 Å². The molecular weight excluding hydrogens is 354 g/mol. The summed E-state index contributed by atoms with van der Waals surface area (Å²) in [4.78, 5) is 37.1. The average Bonchev–Trinajstić information content (AvgIpc) is 3.51. The first-order chi connectivity index (χ1) is 13.0. The van der Waals surface area contributed by atoms with Crippen molar-refractivity contribution in [2.75, 3.05) is 0 Å². The maximum absolute atomic E-state index is 13.4. The van der Waals surface area contributed by atoms with Crippen LogP contribution in [0.3, 0.4) is 0 Å². The van der Waals surface area contributed by atoms with Gasteiger partial charge in [0.15, 0.2) is 5.78 Å². The van der Waals surface area contributed by atoms with Crippen molar-refractivity contribution in [1.82, 2.24) is 20.3 Å². The van der Waals surface area contributed by atoms with Gasteiger partial charge in [-0.3, -0.25) is 19.6 Å². The van der Waals surface area contributed by atoms with E-state index in [1.54, 1.807) is 12.4 Å². The van der Waals surface area contributed by atoms with Gasteiger partial charge in [-0.2, -0.15) is 0 Å². The molecule has 0 bridgehead atoms. The summed E-state index contributed by atoms with van der Waals surface area (Å²) in [5, 5.41) is 2.63. The fraction of sp³-hybridized carbons (Fsp3) is 0.421. The van der Waals surface area contributed by atoms with E-state index in [1.165, 1.54) is 0 Å². The quantitative estimate of drug-likeness (QED) is 0.872. The fourth-order valence-corrected chi connectivity index (χ4v) is 3.26. The maximum atomic E-state index is 13.4. The van der Waals surface area contributed by atoms with E-state index in [4.69, 9.17) is 0 Å². The number of nitrogens with zero attached hydrogens (tertiary/aromatic N) is 3. The van der Waals surface area contributed by atoms with Crippen molar-refractivity contribution in [2.45, 2.75) is 51.0 Å². The molecular formula is C19H18F2N4O2. The van der Waals surface area contributed by atoms with Crippen LogP contribution in [0.2, 0.25) is 0 Å². The molecule has 1 saturated carbocycles. The lowest BCUT2D eigenvalue weighted by atomic mass is 9.90. The lowest BCUT2D eigenvalue weighted by Crippen LogP contribution is -2.26. The Morgan fingerprint density at radius 1 is 1.22 bits per heavy atom. The molecule has 2 aliphatic carbocycles. The molecule has 0 spiro atoms. The van der Waals surface area contributed by atoms with E-state index in [1.807, 2.05) is 0 Å². The molecule has 1 N–H and O–H groups in total. The number of Topliss-reactive ketones (excluding diaryl/α,β-unsaturated/α-hetero) is 1. The minimum Gasteiger partial charge on any atom is -0.345 e. The average molecular weight is 372 g/mol. The van der Waals surface area contributed by atoms with Crippen LogP contribution in [-0.4, -0.2) is 26.6 Å². The molecule has 1 fully saturated rings. The number of rotatable bonds is 5. The van der Waals surface area contributed by atoms with E-state index < -0.39 is 17.9 Å². The molecule has 0 unspecified atom stereocenters. The second-order valence-electron chi connectivity index (χ2n) is 6.89. The third kappa shape index (κ3) is 3.70. The first-order valence-corrected chi connectivity index (χ1v) is 8.97. The molecule has 2 heterocycles. The van der Waals surface area contributed by atoms with Crippen LogP contribution in [0.4, 0.5) is 8.78 Å². The summed E-state index contributed by atoms with van der Waals surface area (Å²) in [7, 11) is 0. The normalized spacial score (nSPS) is 16.3. The molecule has 2 aliphatic rings. The summed E-state index contributed by atoms with van der Waals surface area (Å²) in [5.41, 5.74) is 1.27. The Hall–Kier alpha value is -2.77. The van der Waals surface area contributed by atoms with Gasteiger partial charge in [0.2, 0.25) is 0 Å². The Morgan fingerprint density at radius 3 is 2.70 bits per heavy atom. The van der Waals surface area contributed by atoms with E-state index in [-0.39, 0.29) is 35.7 Å². The molecule has 0 saturated heterocycles. The highest BCUT2D eigenvalue weighted by Gasteiger charge is 2.28.